The lowest BCUT2D eigenvalue weighted by Crippen LogP contribution is -2.42. The molecule has 0 aliphatic carbocycles. The van der Waals surface area contributed by atoms with Gasteiger partial charge in [0.2, 0.25) is 5.89 Å². The van der Waals surface area contributed by atoms with Gasteiger partial charge in [-0.05, 0) is 24.5 Å². The molecule has 7 heteroatoms. The molecule has 0 bridgehead atoms. The number of aromatic nitrogens is 2. The van der Waals surface area contributed by atoms with Crippen molar-refractivity contribution in [3.05, 3.63) is 5.89 Å². The van der Waals surface area contributed by atoms with E-state index >= 15 is 0 Å². The largest absolute Gasteiger partial charge is 0.381 e. The van der Waals surface area contributed by atoms with Crippen LogP contribution in [0.4, 0.5) is 5.95 Å². The van der Waals surface area contributed by atoms with Crippen molar-refractivity contribution in [2.45, 2.75) is 31.7 Å². The van der Waals surface area contributed by atoms with Crippen LogP contribution >= 0.6 is 0 Å². The Kier molecular flexibility index (Phi) is 5.05. The molecular formula is C14H24N4O3. The van der Waals surface area contributed by atoms with Crippen LogP contribution in [0.25, 0.3) is 0 Å². The molecule has 2 atom stereocenters. The summed E-state index contributed by atoms with van der Waals surface area (Å²) in [7, 11) is 0. The van der Waals surface area contributed by atoms with Gasteiger partial charge in [-0.2, -0.15) is 4.98 Å². The van der Waals surface area contributed by atoms with Crippen molar-refractivity contribution >= 4 is 5.95 Å². The van der Waals surface area contributed by atoms with E-state index in [-0.39, 0.29) is 5.92 Å². The molecule has 7 nitrogen and oxygen atoms in total. The summed E-state index contributed by atoms with van der Waals surface area (Å²) >= 11 is 0. The zero-order valence-corrected chi connectivity index (χ0v) is 12.6. The molecule has 0 spiro atoms. The van der Waals surface area contributed by atoms with Crippen molar-refractivity contribution in [3.63, 3.8) is 0 Å². The third kappa shape index (κ3) is 3.53. The van der Waals surface area contributed by atoms with Crippen molar-refractivity contribution in [2.24, 2.45) is 0 Å². The van der Waals surface area contributed by atoms with Crippen LogP contribution in [-0.2, 0) is 9.47 Å². The predicted molar refractivity (Wildman–Crippen MR) is 77.6 cm³/mol. The van der Waals surface area contributed by atoms with Gasteiger partial charge in [0.1, 0.15) is 0 Å². The number of rotatable bonds is 5. The standard InChI is InChI=1S/C14H24N4O3/c1-2-4-15-12-3-7-20-10-11(12)13-16-14(17-21-13)18-5-8-19-9-6-18/h11-12,15H,2-10H2,1H3. The van der Waals surface area contributed by atoms with E-state index in [1.165, 1.54) is 0 Å². The normalized spacial score (nSPS) is 27.0. The van der Waals surface area contributed by atoms with E-state index < -0.39 is 0 Å². The number of morpholine rings is 1. The second-order valence-electron chi connectivity index (χ2n) is 5.56. The second-order valence-corrected chi connectivity index (χ2v) is 5.56. The summed E-state index contributed by atoms with van der Waals surface area (Å²) in [6.45, 7) is 7.69. The molecule has 1 N–H and O–H groups in total. The monoisotopic (exact) mass is 296 g/mol. The summed E-state index contributed by atoms with van der Waals surface area (Å²) in [6, 6.07) is 0.358. The van der Waals surface area contributed by atoms with Crippen LogP contribution in [0.15, 0.2) is 4.52 Å². The van der Waals surface area contributed by atoms with E-state index in [0.29, 0.717) is 24.5 Å². The van der Waals surface area contributed by atoms with Gasteiger partial charge in [-0.1, -0.05) is 6.92 Å². The number of hydrogen-bond acceptors (Lipinski definition) is 7. The average Bonchev–Trinajstić information content (AvgIpc) is 3.04. The third-order valence-electron chi connectivity index (χ3n) is 4.05. The Hall–Kier alpha value is -1.18. The first kappa shape index (κ1) is 14.7. The van der Waals surface area contributed by atoms with Crippen LogP contribution in [0.3, 0.4) is 0 Å². The smallest absolute Gasteiger partial charge is 0.266 e. The minimum absolute atomic E-state index is 0.146. The van der Waals surface area contributed by atoms with Crippen LogP contribution in [-0.4, -0.2) is 62.2 Å². The Morgan fingerprint density at radius 1 is 1.24 bits per heavy atom. The Labute approximate surface area is 125 Å². The molecule has 3 heterocycles. The molecule has 2 aliphatic heterocycles. The van der Waals surface area contributed by atoms with Crippen LogP contribution in [0.1, 0.15) is 31.6 Å². The maximum atomic E-state index is 5.60. The molecule has 1 aromatic heterocycles. The summed E-state index contributed by atoms with van der Waals surface area (Å²) in [5.41, 5.74) is 0. The summed E-state index contributed by atoms with van der Waals surface area (Å²) in [5, 5.41) is 7.70. The van der Waals surface area contributed by atoms with E-state index in [1.807, 2.05) is 0 Å². The molecule has 3 rings (SSSR count). The number of hydrogen-bond donors (Lipinski definition) is 1. The van der Waals surface area contributed by atoms with Gasteiger partial charge < -0.3 is 24.2 Å². The molecule has 2 aliphatic rings. The molecule has 2 unspecified atom stereocenters. The molecule has 0 radical (unpaired) electrons. The van der Waals surface area contributed by atoms with Crippen molar-refractivity contribution < 1.29 is 14.0 Å². The molecule has 0 amide bonds. The Balaban J connectivity index is 1.67. The van der Waals surface area contributed by atoms with Crippen molar-refractivity contribution in [1.29, 1.82) is 0 Å². The fourth-order valence-electron chi connectivity index (χ4n) is 2.82. The summed E-state index contributed by atoms with van der Waals surface area (Å²) < 4.78 is 16.5. The van der Waals surface area contributed by atoms with Gasteiger partial charge in [0.15, 0.2) is 0 Å². The van der Waals surface area contributed by atoms with Gasteiger partial charge >= 0.3 is 0 Å². The highest BCUT2D eigenvalue weighted by molar-refractivity contribution is 5.28. The molecule has 0 saturated carbocycles. The molecule has 21 heavy (non-hydrogen) atoms. The van der Waals surface area contributed by atoms with E-state index in [9.17, 15) is 0 Å². The van der Waals surface area contributed by atoms with Gasteiger partial charge in [0.05, 0.1) is 25.7 Å². The SMILES string of the molecule is CCCNC1CCOCC1c1nc(N2CCOCC2)no1. The van der Waals surface area contributed by atoms with E-state index in [2.05, 4.69) is 27.3 Å². The lowest BCUT2D eigenvalue weighted by molar-refractivity contribution is 0.0498. The maximum absolute atomic E-state index is 5.60. The average molecular weight is 296 g/mol. The fraction of sp³-hybridized carbons (Fsp3) is 0.857. The zero-order valence-electron chi connectivity index (χ0n) is 12.6. The summed E-state index contributed by atoms with van der Waals surface area (Å²) in [6.07, 6.45) is 2.10. The van der Waals surface area contributed by atoms with Crippen molar-refractivity contribution in [3.8, 4) is 0 Å². The van der Waals surface area contributed by atoms with Gasteiger partial charge in [-0.3, -0.25) is 0 Å². The first-order chi connectivity index (χ1) is 10.4. The highest BCUT2D eigenvalue weighted by Gasteiger charge is 2.32. The van der Waals surface area contributed by atoms with Gasteiger partial charge in [0.25, 0.3) is 5.95 Å². The highest BCUT2D eigenvalue weighted by atomic mass is 16.5. The van der Waals surface area contributed by atoms with Crippen molar-refractivity contribution in [2.75, 3.05) is 51.0 Å². The molecular weight excluding hydrogens is 272 g/mol. The lowest BCUT2D eigenvalue weighted by atomic mass is 9.95. The Morgan fingerprint density at radius 2 is 2.10 bits per heavy atom. The molecule has 0 aromatic carbocycles. The minimum atomic E-state index is 0.146. The zero-order chi connectivity index (χ0) is 14.5. The third-order valence-corrected chi connectivity index (χ3v) is 4.05. The van der Waals surface area contributed by atoms with E-state index in [0.717, 1.165) is 52.3 Å². The quantitative estimate of drug-likeness (QED) is 0.860. The van der Waals surface area contributed by atoms with E-state index in [1.54, 1.807) is 0 Å². The molecule has 2 saturated heterocycles. The summed E-state index contributed by atoms with van der Waals surface area (Å²) in [5.74, 6) is 1.51. The molecule has 1 aromatic rings. The number of ether oxygens (including phenoxy) is 2. The number of nitrogens with one attached hydrogen (secondary N) is 1. The maximum Gasteiger partial charge on any atom is 0.266 e. The van der Waals surface area contributed by atoms with Gasteiger partial charge in [-0.25, -0.2) is 0 Å². The van der Waals surface area contributed by atoms with Crippen LogP contribution in [0, 0.1) is 0 Å². The second kappa shape index (κ2) is 7.20. The van der Waals surface area contributed by atoms with E-state index in [4.69, 9.17) is 14.0 Å². The van der Waals surface area contributed by atoms with Crippen LogP contribution in [0.5, 0.6) is 0 Å². The van der Waals surface area contributed by atoms with Gasteiger partial charge in [-0.15, -0.1) is 0 Å². The van der Waals surface area contributed by atoms with Crippen LogP contribution in [0.2, 0.25) is 0 Å². The predicted octanol–water partition coefficient (Wildman–Crippen LogP) is 0.778. The Morgan fingerprint density at radius 3 is 2.90 bits per heavy atom. The highest BCUT2D eigenvalue weighted by Crippen LogP contribution is 2.26. The topological polar surface area (TPSA) is 72.7 Å². The lowest BCUT2D eigenvalue weighted by Gasteiger charge is -2.30. The fourth-order valence-corrected chi connectivity index (χ4v) is 2.82. The molecule has 118 valence electrons. The first-order valence-electron chi connectivity index (χ1n) is 7.86. The van der Waals surface area contributed by atoms with Crippen molar-refractivity contribution in [1.82, 2.24) is 15.5 Å². The number of anilines is 1. The number of nitrogens with zero attached hydrogens (tertiary/aromatic N) is 3. The summed E-state index contributed by atoms with van der Waals surface area (Å²) in [4.78, 5) is 6.69. The Bertz CT molecular complexity index is 434. The molecule has 2 fully saturated rings. The van der Waals surface area contributed by atoms with Gasteiger partial charge in [0, 0.05) is 25.7 Å². The first-order valence-corrected chi connectivity index (χ1v) is 7.86. The van der Waals surface area contributed by atoms with Crippen LogP contribution < -0.4 is 10.2 Å². The minimum Gasteiger partial charge on any atom is -0.381 e.